The molecule has 1 heterocycles. The highest BCUT2D eigenvalue weighted by molar-refractivity contribution is 7.03. The molecule has 50 valence electrons. The molecule has 1 aromatic rings. The Morgan fingerprint density at radius 3 is 2.33 bits per heavy atom. The van der Waals surface area contributed by atoms with Gasteiger partial charge in [0.15, 0.2) is 0 Å². The van der Waals surface area contributed by atoms with Crippen LogP contribution < -0.4 is 0 Å². The van der Waals surface area contributed by atoms with Gasteiger partial charge in [0.05, 0.1) is 11.8 Å². The van der Waals surface area contributed by atoms with Crippen molar-refractivity contribution in [1.82, 2.24) is 4.37 Å². The maximum absolute atomic E-state index is 11.6. The van der Waals surface area contributed by atoms with Crippen LogP contribution in [-0.2, 0) is 6.18 Å². The summed E-state index contributed by atoms with van der Waals surface area (Å²) in [5.74, 6) is 0. The van der Waals surface area contributed by atoms with Crippen LogP contribution in [0.5, 0.6) is 0 Å². The van der Waals surface area contributed by atoms with E-state index in [1.165, 1.54) is 0 Å². The Hall–Kier alpha value is -0.580. The Kier molecular flexibility index (Phi) is 1.44. The Morgan fingerprint density at radius 1 is 1.44 bits per heavy atom. The van der Waals surface area contributed by atoms with Gasteiger partial charge in [-0.15, -0.1) is 0 Å². The minimum atomic E-state index is -4.23. The predicted octanol–water partition coefficient (Wildman–Crippen LogP) is 2.16. The molecule has 0 amide bonds. The van der Waals surface area contributed by atoms with Gasteiger partial charge in [-0.05, 0) is 11.5 Å². The third-order valence-corrected chi connectivity index (χ3v) is 1.35. The Bertz CT molecular complexity index is 178. The van der Waals surface area contributed by atoms with Gasteiger partial charge in [-0.2, -0.15) is 13.2 Å². The molecule has 0 saturated carbocycles. The van der Waals surface area contributed by atoms with Crippen LogP contribution in [0.4, 0.5) is 13.2 Å². The maximum Gasteiger partial charge on any atom is 0.418 e. The second kappa shape index (κ2) is 1.98. The molecule has 0 radical (unpaired) electrons. The maximum atomic E-state index is 11.6. The highest BCUT2D eigenvalue weighted by Gasteiger charge is 2.31. The minimum Gasteiger partial charge on any atom is -0.201 e. The molecule has 0 unspecified atom stereocenters. The monoisotopic (exact) mass is 153 g/mol. The van der Waals surface area contributed by atoms with Crippen molar-refractivity contribution in [3.05, 3.63) is 17.1 Å². The fraction of sp³-hybridized carbons (Fsp3) is 0.250. The van der Waals surface area contributed by atoms with Crippen LogP contribution in [0.2, 0.25) is 0 Å². The summed E-state index contributed by atoms with van der Waals surface area (Å²) in [6.07, 6.45) is -3.42. The fourth-order valence-corrected chi connectivity index (χ4v) is 0.888. The Balaban J connectivity index is 2.90. The second-order valence-electron chi connectivity index (χ2n) is 1.41. The van der Waals surface area contributed by atoms with E-state index in [1.807, 2.05) is 0 Å². The largest absolute Gasteiger partial charge is 0.418 e. The van der Waals surface area contributed by atoms with Crippen LogP contribution in [0.15, 0.2) is 11.6 Å². The third kappa shape index (κ3) is 1.41. The fourth-order valence-electron chi connectivity index (χ4n) is 0.345. The van der Waals surface area contributed by atoms with Crippen molar-refractivity contribution in [1.29, 1.82) is 0 Å². The first-order valence-electron chi connectivity index (χ1n) is 2.07. The molecule has 0 bridgehead atoms. The topological polar surface area (TPSA) is 12.9 Å². The number of nitrogens with zero attached hydrogens (tertiary/aromatic N) is 1. The number of hydrogen-bond donors (Lipinski definition) is 0. The summed E-state index contributed by atoms with van der Waals surface area (Å²) in [4.78, 5) is 0. The SMILES string of the molecule is FC(F)(F)c1cnsc1. The average molecular weight is 153 g/mol. The molecule has 9 heavy (non-hydrogen) atoms. The summed E-state index contributed by atoms with van der Waals surface area (Å²) in [5.41, 5.74) is -0.674. The molecule has 0 aromatic carbocycles. The standard InChI is InChI=1S/C4H2F3NS/c5-4(6,7)3-1-8-9-2-3/h1-2H. The van der Waals surface area contributed by atoms with Crippen molar-refractivity contribution in [2.75, 3.05) is 0 Å². The zero-order valence-electron chi connectivity index (χ0n) is 4.14. The van der Waals surface area contributed by atoms with E-state index in [0.29, 0.717) is 0 Å². The van der Waals surface area contributed by atoms with E-state index in [-0.39, 0.29) is 0 Å². The third-order valence-electron chi connectivity index (χ3n) is 0.760. The van der Waals surface area contributed by atoms with Gasteiger partial charge in [-0.3, -0.25) is 0 Å². The number of halogens is 3. The summed E-state index contributed by atoms with van der Waals surface area (Å²) >= 11 is 0.796. The first-order valence-corrected chi connectivity index (χ1v) is 2.91. The predicted molar refractivity (Wildman–Crippen MR) is 27.1 cm³/mol. The molecule has 0 spiro atoms. The van der Waals surface area contributed by atoms with Crippen molar-refractivity contribution in [2.24, 2.45) is 0 Å². The highest BCUT2D eigenvalue weighted by Crippen LogP contribution is 2.29. The molecule has 0 atom stereocenters. The van der Waals surface area contributed by atoms with Gasteiger partial charge in [0.25, 0.3) is 0 Å². The van der Waals surface area contributed by atoms with Gasteiger partial charge in [-0.25, -0.2) is 4.37 Å². The first kappa shape index (κ1) is 6.54. The van der Waals surface area contributed by atoms with E-state index in [1.54, 1.807) is 0 Å². The molecule has 0 aliphatic rings. The Morgan fingerprint density at radius 2 is 2.11 bits per heavy atom. The van der Waals surface area contributed by atoms with Gasteiger partial charge >= 0.3 is 6.18 Å². The van der Waals surface area contributed by atoms with Gasteiger partial charge in [-0.1, -0.05) is 0 Å². The molecule has 1 nitrogen and oxygen atoms in total. The quantitative estimate of drug-likeness (QED) is 0.556. The summed E-state index contributed by atoms with van der Waals surface area (Å²) < 4.78 is 38.1. The van der Waals surface area contributed by atoms with Crippen molar-refractivity contribution in [3.8, 4) is 0 Å². The van der Waals surface area contributed by atoms with Crippen LogP contribution in [0.3, 0.4) is 0 Å². The van der Waals surface area contributed by atoms with Crippen LogP contribution in [0.25, 0.3) is 0 Å². The number of aromatic nitrogens is 1. The molecule has 5 heteroatoms. The van der Waals surface area contributed by atoms with E-state index in [2.05, 4.69) is 4.37 Å². The number of rotatable bonds is 0. The second-order valence-corrected chi connectivity index (χ2v) is 2.07. The summed E-state index contributed by atoms with van der Waals surface area (Å²) in [7, 11) is 0. The van der Waals surface area contributed by atoms with E-state index in [9.17, 15) is 13.2 Å². The normalized spacial score (nSPS) is 11.9. The lowest BCUT2D eigenvalue weighted by Crippen LogP contribution is -2.01. The highest BCUT2D eigenvalue weighted by atomic mass is 32.1. The van der Waals surface area contributed by atoms with Crippen LogP contribution in [0, 0.1) is 0 Å². The van der Waals surface area contributed by atoms with Crippen LogP contribution in [0.1, 0.15) is 5.56 Å². The zero-order valence-corrected chi connectivity index (χ0v) is 4.96. The molecule has 0 aliphatic carbocycles. The van der Waals surface area contributed by atoms with Crippen molar-refractivity contribution < 1.29 is 13.2 Å². The summed E-state index contributed by atoms with van der Waals surface area (Å²) in [6, 6.07) is 0. The lowest BCUT2D eigenvalue weighted by atomic mass is 10.4. The Labute approximate surface area is 53.3 Å². The van der Waals surface area contributed by atoms with E-state index in [4.69, 9.17) is 0 Å². The van der Waals surface area contributed by atoms with Gasteiger partial charge in [0.2, 0.25) is 0 Å². The van der Waals surface area contributed by atoms with Crippen molar-refractivity contribution >= 4 is 11.5 Å². The molecule has 0 fully saturated rings. The smallest absolute Gasteiger partial charge is 0.201 e. The molecule has 0 N–H and O–H groups in total. The molecule has 0 saturated heterocycles. The van der Waals surface area contributed by atoms with Gasteiger partial charge < -0.3 is 0 Å². The van der Waals surface area contributed by atoms with Crippen LogP contribution in [-0.4, -0.2) is 4.37 Å². The number of alkyl halides is 3. The van der Waals surface area contributed by atoms with Gasteiger partial charge in [0, 0.05) is 5.38 Å². The summed E-state index contributed by atoms with van der Waals surface area (Å²) in [5, 5.41) is 0.972. The van der Waals surface area contributed by atoms with E-state index < -0.39 is 11.7 Å². The van der Waals surface area contributed by atoms with E-state index in [0.717, 1.165) is 23.1 Å². The van der Waals surface area contributed by atoms with Crippen molar-refractivity contribution in [3.63, 3.8) is 0 Å². The lowest BCUT2D eigenvalue weighted by Gasteiger charge is -1.98. The molecular formula is C4H2F3NS. The number of hydrogen-bond acceptors (Lipinski definition) is 2. The van der Waals surface area contributed by atoms with E-state index >= 15 is 0 Å². The van der Waals surface area contributed by atoms with Crippen LogP contribution >= 0.6 is 11.5 Å². The zero-order chi connectivity index (χ0) is 6.91. The molecular weight excluding hydrogens is 151 g/mol. The summed E-state index contributed by atoms with van der Waals surface area (Å²) in [6.45, 7) is 0. The molecule has 1 rings (SSSR count). The molecule has 1 aromatic heterocycles. The minimum absolute atomic E-state index is 0.674. The average Bonchev–Trinajstić information content (AvgIpc) is 2.08. The first-order chi connectivity index (χ1) is 4.11. The van der Waals surface area contributed by atoms with Crippen molar-refractivity contribution in [2.45, 2.75) is 6.18 Å². The van der Waals surface area contributed by atoms with Gasteiger partial charge in [0.1, 0.15) is 0 Å². The lowest BCUT2D eigenvalue weighted by molar-refractivity contribution is -0.137. The molecule has 0 aliphatic heterocycles.